The van der Waals surface area contributed by atoms with E-state index in [-0.39, 0.29) is 17.8 Å². The summed E-state index contributed by atoms with van der Waals surface area (Å²) in [5, 5.41) is 3.11. The number of nitrogens with zero attached hydrogens (tertiary/aromatic N) is 1. The first-order chi connectivity index (χ1) is 11.1. The van der Waals surface area contributed by atoms with Crippen LogP contribution in [0.4, 0.5) is 4.39 Å². The van der Waals surface area contributed by atoms with Crippen LogP contribution >= 0.6 is 0 Å². The second-order valence-corrected chi connectivity index (χ2v) is 6.28. The lowest BCUT2D eigenvalue weighted by molar-refractivity contribution is -0.127. The monoisotopic (exact) mass is 312 g/mol. The van der Waals surface area contributed by atoms with Gasteiger partial charge in [-0.1, -0.05) is 25.0 Å². The van der Waals surface area contributed by atoms with Gasteiger partial charge in [0.25, 0.3) is 0 Å². The number of halogens is 1. The molecule has 1 aliphatic rings. The first-order valence-corrected chi connectivity index (χ1v) is 8.09. The van der Waals surface area contributed by atoms with E-state index in [0.29, 0.717) is 0 Å². The maximum absolute atomic E-state index is 13.6. The highest BCUT2D eigenvalue weighted by Gasteiger charge is 2.43. The van der Waals surface area contributed by atoms with Gasteiger partial charge in [0, 0.05) is 12.4 Å². The molecule has 1 saturated carbocycles. The predicted octanol–water partition coefficient (Wildman–Crippen LogP) is 3.91. The quantitative estimate of drug-likeness (QED) is 0.930. The molecule has 0 radical (unpaired) electrons. The lowest BCUT2D eigenvalue weighted by Crippen LogP contribution is -2.43. The van der Waals surface area contributed by atoms with Crippen molar-refractivity contribution in [2.24, 2.45) is 0 Å². The predicted molar refractivity (Wildman–Crippen MR) is 87.3 cm³/mol. The zero-order valence-corrected chi connectivity index (χ0v) is 13.3. The van der Waals surface area contributed by atoms with E-state index in [1.54, 1.807) is 18.5 Å². The Labute approximate surface area is 135 Å². The average Bonchev–Trinajstić information content (AvgIpc) is 3.06. The van der Waals surface area contributed by atoms with Crippen LogP contribution in [0.1, 0.15) is 49.8 Å². The fraction of sp³-hybridized carbons (Fsp3) is 0.368. The molecule has 0 saturated heterocycles. The van der Waals surface area contributed by atoms with Gasteiger partial charge in [-0.15, -0.1) is 0 Å². The SMILES string of the molecule is CC(NC(=O)C1(c2cccc(F)c2)CCCC1)c1ccncc1. The minimum Gasteiger partial charge on any atom is -0.349 e. The Morgan fingerprint density at radius 1 is 1.22 bits per heavy atom. The fourth-order valence-corrected chi connectivity index (χ4v) is 3.48. The van der Waals surface area contributed by atoms with E-state index in [1.807, 2.05) is 25.1 Å². The van der Waals surface area contributed by atoms with Crippen LogP contribution in [-0.4, -0.2) is 10.9 Å². The van der Waals surface area contributed by atoms with E-state index in [4.69, 9.17) is 0 Å². The molecule has 0 aliphatic heterocycles. The highest BCUT2D eigenvalue weighted by molar-refractivity contribution is 5.88. The molecular formula is C19H21FN2O. The van der Waals surface area contributed by atoms with Gasteiger partial charge in [0.05, 0.1) is 11.5 Å². The summed E-state index contributed by atoms with van der Waals surface area (Å²) in [7, 11) is 0. The molecule has 4 heteroatoms. The number of rotatable bonds is 4. The van der Waals surface area contributed by atoms with E-state index in [0.717, 1.165) is 36.8 Å². The molecule has 2 aromatic rings. The number of carbonyl (C=O) groups is 1. The molecule has 0 bridgehead atoms. The highest BCUT2D eigenvalue weighted by atomic mass is 19.1. The minimum absolute atomic E-state index is 0.00934. The van der Waals surface area contributed by atoms with Crippen molar-refractivity contribution >= 4 is 5.91 Å². The normalized spacial score (nSPS) is 17.7. The molecule has 1 heterocycles. The van der Waals surface area contributed by atoms with Crippen molar-refractivity contribution in [1.29, 1.82) is 0 Å². The van der Waals surface area contributed by atoms with Gasteiger partial charge in [0.15, 0.2) is 0 Å². The smallest absolute Gasteiger partial charge is 0.231 e. The summed E-state index contributed by atoms with van der Waals surface area (Å²) in [4.78, 5) is 17.0. The van der Waals surface area contributed by atoms with E-state index < -0.39 is 5.41 Å². The summed E-state index contributed by atoms with van der Waals surface area (Å²) in [5.41, 5.74) is 1.19. The van der Waals surface area contributed by atoms with E-state index >= 15 is 0 Å². The molecule has 1 aromatic carbocycles. The van der Waals surface area contributed by atoms with Gasteiger partial charge in [-0.25, -0.2) is 4.39 Å². The second kappa shape index (κ2) is 6.49. The second-order valence-electron chi connectivity index (χ2n) is 6.28. The average molecular weight is 312 g/mol. The molecule has 0 spiro atoms. The van der Waals surface area contributed by atoms with Crippen molar-refractivity contribution in [1.82, 2.24) is 10.3 Å². The van der Waals surface area contributed by atoms with Gasteiger partial charge in [0.1, 0.15) is 5.82 Å². The molecule has 23 heavy (non-hydrogen) atoms. The van der Waals surface area contributed by atoms with Crippen LogP contribution in [0.25, 0.3) is 0 Å². The Hall–Kier alpha value is -2.23. The van der Waals surface area contributed by atoms with Crippen molar-refractivity contribution in [3.8, 4) is 0 Å². The van der Waals surface area contributed by atoms with Gasteiger partial charge in [0.2, 0.25) is 5.91 Å². The van der Waals surface area contributed by atoms with Crippen molar-refractivity contribution in [3.63, 3.8) is 0 Å². The molecule has 1 unspecified atom stereocenters. The lowest BCUT2D eigenvalue weighted by Gasteiger charge is -2.30. The Morgan fingerprint density at radius 3 is 2.57 bits per heavy atom. The molecule has 1 N–H and O–H groups in total. The van der Waals surface area contributed by atoms with Gasteiger partial charge < -0.3 is 5.32 Å². The first kappa shape index (κ1) is 15.7. The molecule has 3 nitrogen and oxygen atoms in total. The van der Waals surface area contributed by atoms with Crippen LogP contribution in [-0.2, 0) is 10.2 Å². The number of aromatic nitrogens is 1. The lowest BCUT2D eigenvalue weighted by atomic mass is 9.77. The van der Waals surface area contributed by atoms with Crippen molar-refractivity contribution in [2.45, 2.75) is 44.1 Å². The van der Waals surface area contributed by atoms with E-state index in [2.05, 4.69) is 10.3 Å². The van der Waals surface area contributed by atoms with Crippen LogP contribution in [0.5, 0.6) is 0 Å². The molecule has 120 valence electrons. The van der Waals surface area contributed by atoms with E-state index in [9.17, 15) is 9.18 Å². The maximum atomic E-state index is 13.6. The molecule has 1 aliphatic carbocycles. The Kier molecular flexibility index (Phi) is 4.42. The first-order valence-electron chi connectivity index (χ1n) is 8.09. The zero-order valence-electron chi connectivity index (χ0n) is 13.3. The number of hydrogen-bond acceptors (Lipinski definition) is 2. The molecule has 1 fully saturated rings. The minimum atomic E-state index is -0.608. The Bertz CT molecular complexity index is 681. The Balaban J connectivity index is 1.85. The van der Waals surface area contributed by atoms with Gasteiger partial charge >= 0.3 is 0 Å². The van der Waals surface area contributed by atoms with Crippen molar-refractivity contribution < 1.29 is 9.18 Å². The van der Waals surface area contributed by atoms with Crippen LogP contribution < -0.4 is 5.32 Å². The number of nitrogens with one attached hydrogen (secondary N) is 1. The number of amides is 1. The van der Waals surface area contributed by atoms with Gasteiger partial charge in [-0.2, -0.15) is 0 Å². The maximum Gasteiger partial charge on any atom is 0.231 e. The summed E-state index contributed by atoms with van der Waals surface area (Å²) >= 11 is 0. The summed E-state index contributed by atoms with van der Waals surface area (Å²) in [6, 6.07) is 10.2. The topological polar surface area (TPSA) is 42.0 Å². The van der Waals surface area contributed by atoms with Gasteiger partial charge in [-0.05, 0) is 55.2 Å². The number of carbonyl (C=O) groups excluding carboxylic acids is 1. The Morgan fingerprint density at radius 2 is 1.91 bits per heavy atom. The van der Waals surface area contributed by atoms with Gasteiger partial charge in [-0.3, -0.25) is 9.78 Å². The summed E-state index contributed by atoms with van der Waals surface area (Å²) in [6.45, 7) is 1.96. The summed E-state index contributed by atoms with van der Waals surface area (Å²) < 4.78 is 13.6. The third kappa shape index (κ3) is 3.11. The highest BCUT2D eigenvalue weighted by Crippen LogP contribution is 2.42. The largest absolute Gasteiger partial charge is 0.349 e. The number of benzene rings is 1. The van der Waals surface area contributed by atoms with Crippen LogP contribution in [0.15, 0.2) is 48.8 Å². The zero-order chi connectivity index (χ0) is 16.3. The third-order valence-corrected chi connectivity index (χ3v) is 4.82. The molecule has 1 aromatic heterocycles. The number of pyridine rings is 1. The van der Waals surface area contributed by atoms with Crippen LogP contribution in [0.2, 0.25) is 0 Å². The number of hydrogen-bond donors (Lipinski definition) is 1. The van der Waals surface area contributed by atoms with Crippen LogP contribution in [0, 0.1) is 5.82 Å². The van der Waals surface area contributed by atoms with Crippen molar-refractivity contribution in [2.75, 3.05) is 0 Å². The molecular weight excluding hydrogens is 291 g/mol. The molecule has 1 amide bonds. The fourth-order valence-electron chi connectivity index (χ4n) is 3.48. The standard InChI is InChI=1S/C19H21FN2O/c1-14(15-7-11-21-12-8-15)22-18(23)19(9-2-3-10-19)16-5-4-6-17(20)13-16/h4-8,11-14H,2-3,9-10H2,1H3,(H,22,23). The summed E-state index contributed by atoms with van der Waals surface area (Å²) in [6.07, 6.45) is 6.96. The molecule has 3 rings (SSSR count). The van der Waals surface area contributed by atoms with Crippen LogP contribution in [0.3, 0.4) is 0 Å². The summed E-state index contributed by atoms with van der Waals surface area (Å²) in [5.74, 6) is -0.298. The third-order valence-electron chi connectivity index (χ3n) is 4.82. The van der Waals surface area contributed by atoms with Crippen molar-refractivity contribution in [3.05, 3.63) is 65.7 Å². The molecule has 1 atom stereocenters. The van der Waals surface area contributed by atoms with E-state index in [1.165, 1.54) is 12.1 Å².